The second-order valence-corrected chi connectivity index (χ2v) is 16.0. The van der Waals surface area contributed by atoms with Crippen LogP contribution in [0, 0.1) is 11.3 Å². The van der Waals surface area contributed by atoms with Gasteiger partial charge in [-0.25, -0.2) is 0 Å². The van der Waals surface area contributed by atoms with E-state index in [1.807, 2.05) is 66.7 Å². The first-order chi connectivity index (χ1) is 24.3. The minimum absolute atomic E-state index is 0.156. The SMILES string of the molecule is CC(C)(C)C1CC=C(c2ccc(C(Cc3ccc(C(=O)NCCS(=O)(=O)O)cc3)C(=O)Nc3ccc(-c4cc5ccccc5o4)cc3)cc2)CC1. The number of anilines is 1. The lowest BCUT2D eigenvalue weighted by Gasteiger charge is -2.33. The molecule has 1 aromatic heterocycles. The quantitative estimate of drug-likeness (QED) is 0.118. The number of hydrogen-bond donors (Lipinski definition) is 3. The zero-order valence-corrected chi connectivity index (χ0v) is 30.0. The Hall–Kier alpha value is -4.99. The summed E-state index contributed by atoms with van der Waals surface area (Å²) in [6, 6.07) is 32.7. The number of allylic oxidation sites excluding steroid dienone is 2. The molecule has 1 heterocycles. The second-order valence-electron chi connectivity index (χ2n) is 14.4. The molecule has 0 aliphatic heterocycles. The van der Waals surface area contributed by atoms with Crippen LogP contribution in [0.2, 0.25) is 0 Å². The third-order valence-electron chi connectivity index (χ3n) is 9.80. The van der Waals surface area contributed by atoms with Crippen LogP contribution in [-0.2, 0) is 21.3 Å². The van der Waals surface area contributed by atoms with E-state index in [2.05, 4.69) is 49.6 Å². The van der Waals surface area contributed by atoms with Crippen LogP contribution in [0.1, 0.15) is 73.0 Å². The summed E-state index contributed by atoms with van der Waals surface area (Å²) in [6.45, 7) is 6.72. The van der Waals surface area contributed by atoms with Gasteiger partial charge in [-0.3, -0.25) is 14.1 Å². The van der Waals surface area contributed by atoms with Crippen molar-refractivity contribution < 1.29 is 27.0 Å². The Morgan fingerprint density at radius 2 is 1.59 bits per heavy atom. The molecule has 2 unspecified atom stereocenters. The van der Waals surface area contributed by atoms with Crippen LogP contribution in [0.5, 0.6) is 0 Å². The molecule has 1 aliphatic rings. The Bertz CT molecular complexity index is 2110. The molecular formula is C42H44N2O6S. The fourth-order valence-corrected chi connectivity index (χ4v) is 7.03. The molecular weight excluding hydrogens is 661 g/mol. The summed E-state index contributed by atoms with van der Waals surface area (Å²) in [6.07, 6.45) is 6.02. The lowest BCUT2D eigenvalue weighted by molar-refractivity contribution is -0.117. The highest BCUT2D eigenvalue weighted by Crippen LogP contribution is 2.40. The Balaban J connectivity index is 1.20. The predicted molar refractivity (Wildman–Crippen MR) is 203 cm³/mol. The smallest absolute Gasteiger partial charge is 0.266 e. The largest absolute Gasteiger partial charge is 0.456 e. The van der Waals surface area contributed by atoms with Crippen LogP contribution < -0.4 is 10.6 Å². The molecule has 0 bridgehead atoms. The summed E-state index contributed by atoms with van der Waals surface area (Å²) in [4.78, 5) is 26.5. The molecule has 0 radical (unpaired) electrons. The molecule has 2 amide bonds. The Morgan fingerprint density at radius 3 is 2.22 bits per heavy atom. The van der Waals surface area contributed by atoms with Crippen LogP contribution in [-0.4, -0.2) is 37.1 Å². The molecule has 51 heavy (non-hydrogen) atoms. The van der Waals surface area contributed by atoms with E-state index in [0.29, 0.717) is 23.6 Å². The van der Waals surface area contributed by atoms with Crippen molar-refractivity contribution in [3.8, 4) is 11.3 Å². The molecule has 0 fully saturated rings. The van der Waals surface area contributed by atoms with Gasteiger partial charge in [-0.05, 0) is 108 Å². The van der Waals surface area contributed by atoms with Gasteiger partial charge >= 0.3 is 0 Å². The number of nitrogens with one attached hydrogen (secondary N) is 2. The van der Waals surface area contributed by atoms with Gasteiger partial charge < -0.3 is 15.1 Å². The van der Waals surface area contributed by atoms with Crippen LogP contribution in [0.25, 0.3) is 27.9 Å². The van der Waals surface area contributed by atoms with Crippen molar-refractivity contribution >= 4 is 44.2 Å². The number of benzene rings is 4. The number of fused-ring (bicyclic) bond motifs is 1. The summed E-state index contributed by atoms with van der Waals surface area (Å²) >= 11 is 0. The molecule has 2 atom stereocenters. The van der Waals surface area contributed by atoms with Crippen molar-refractivity contribution in [2.24, 2.45) is 11.3 Å². The number of carbonyl (C=O) groups is 2. The maximum Gasteiger partial charge on any atom is 0.266 e. The van der Waals surface area contributed by atoms with Crippen LogP contribution in [0.15, 0.2) is 114 Å². The van der Waals surface area contributed by atoms with Crippen molar-refractivity contribution in [1.29, 1.82) is 0 Å². The van der Waals surface area contributed by atoms with Gasteiger partial charge in [0.05, 0.1) is 11.7 Å². The van der Waals surface area contributed by atoms with Crippen molar-refractivity contribution in [3.63, 3.8) is 0 Å². The minimum atomic E-state index is -4.18. The van der Waals surface area contributed by atoms with E-state index in [1.54, 1.807) is 24.3 Å². The zero-order valence-electron chi connectivity index (χ0n) is 29.2. The first-order valence-electron chi connectivity index (χ1n) is 17.3. The summed E-state index contributed by atoms with van der Waals surface area (Å²) < 4.78 is 36.9. The second kappa shape index (κ2) is 15.1. The molecule has 0 spiro atoms. The van der Waals surface area contributed by atoms with Gasteiger partial charge in [-0.1, -0.05) is 81.4 Å². The lowest BCUT2D eigenvalue weighted by atomic mass is 9.72. The van der Waals surface area contributed by atoms with Gasteiger partial charge in [0.2, 0.25) is 5.91 Å². The Morgan fingerprint density at radius 1 is 0.902 bits per heavy atom. The van der Waals surface area contributed by atoms with Gasteiger partial charge in [0.25, 0.3) is 16.0 Å². The van der Waals surface area contributed by atoms with E-state index in [0.717, 1.165) is 52.7 Å². The summed E-state index contributed by atoms with van der Waals surface area (Å²) in [7, 11) is -4.18. The highest BCUT2D eigenvalue weighted by atomic mass is 32.2. The highest BCUT2D eigenvalue weighted by molar-refractivity contribution is 7.85. The number of hydrogen-bond acceptors (Lipinski definition) is 5. The third-order valence-corrected chi connectivity index (χ3v) is 10.5. The standard InChI is InChI=1S/C42H44N2O6S/c1-42(2,3)35-20-16-30(17-21-35)29-12-14-31(15-13-29)37(26-28-8-10-33(11-9-28)40(45)43-24-25-51(47,48)49)41(46)44-36-22-18-32(19-23-36)39-27-34-6-4-5-7-38(34)50-39/h4-16,18-19,22-23,27,35,37H,17,20-21,24-26H2,1-3H3,(H,43,45)(H,44,46)(H,47,48,49). The maximum atomic E-state index is 14.0. The number of amides is 2. The van der Waals surface area contributed by atoms with Gasteiger partial charge in [0.1, 0.15) is 11.3 Å². The molecule has 264 valence electrons. The molecule has 0 saturated heterocycles. The maximum absolute atomic E-state index is 14.0. The molecule has 8 nitrogen and oxygen atoms in total. The first-order valence-corrected chi connectivity index (χ1v) is 18.9. The van der Waals surface area contributed by atoms with E-state index >= 15 is 0 Å². The average molecular weight is 705 g/mol. The molecule has 6 rings (SSSR count). The highest BCUT2D eigenvalue weighted by Gasteiger charge is 2.27. The van der Waals surface area contributed by atoms with Crippen molar-refractivity contribution in [2.75, 3.05) is 17.6 Å². The van der Waals surface area contributed by atoms with E-state index < -0.39 is 27.7 Å². The molecule has 4 aromatic carbocycles. The topological polar surface area (TPSA) is 126 Å². The molecule has 0 saturated carbocycles. The van der Waals surface area contributed by atoms with Gasteiger partial charge in [-0.2, -0.15) is 8.42 Å². The van der Waals surface area contributed by atoms with Crippen LogP contribution in [0.4, 0.5) is 5.69 Å². The number of para-hydroxylation sites is 1. The van der Waals surface area contributed by atoms with Crippen molar-refractivity contribution in [3.05, 3.63) is 131 Å². The molecule has 9 heteroatoms. The fraction of sp³-hybridized carbons (Fsp3) is 0.286. The third kappa shape index (κ3) is 9.22. The number of furan rings is 1. The lowest BCUT2D eigenvalue weighted by Crippen LogP contribution is -2.28. The van der Waals surface area contributed by atoms with Crippen LogP contribution in [0.3, 0.4) is 0 Å². The van der Waals surface area contributed by atoms with E-state index in [-0.39, 0.29) is 17.9 Å². The predicted octanol–water partition coefficient (Wildman–Crippen LogP) is 8.91. The Labute approximate surface area is 299 Å². The first kappa shape index (κ1) is 35.8. The minimum Gasteiger partial charge on any atom is -0.456 e. The van der Waals surface area contributed by atoms with Crippen molar-refractivity contribution in [1.82, 2.24) is 5.32 Å². The fourth-order valence-electron chi connectivity index (χ4n) is 6.67. The van der Waals surface area contributed by atoms with Gasteiger partial charge in [0, 0.05) is 28.7 Å². The monoisotopic (exact) mass is 704 g/mol. The Kier molecular flexibility index (Phi) is 10.6. The summed E-state index contributed by atoms with van der Waals surface area (Å²) in [5.74, 6) is -0.276. The van der Waals surface area contributed by atoms with E-state index in [9.17, 15) is 18.0 Å². The summed E-state index contributed by atoms with van der Waals surface area (Å²) in [5, 5.41) is 6.64. The van der Waals surface area contributed by atoms with Gasteiger partial charge in [0.15, 0.2) is 0 Å². The number of rotatable bonds is 11. The molecule has 1 aliphatic carbocycles. The van der Waals surface area contributed by atoms with Gasteiger partial charge in [-0.15, -0.1) is 0 Å². The van der Waals surface area contributed by atoms with E-state index in [4.69, 9.17) is 8.97 Å². The van der Waals surface area contributed by atoms with E-state index in [1.165, 1.54) is 11.1 Å². The number of carbonyl (C=O) groups excluding carboxylic acids is 2. The van der Waals surface area contributed by atoms with Crippen molar-refractivity contribution in [2.45, 2.75) is 52.4 Å². The molecule has 3 N–H and O–H groups in total. The normalized spacial score (nSPS) is 15.6. The van der Waals surface area contributed by atoms with Crippen LogP contribution >= 0.6 is 0 Å². The zero-order chi connectivity index (χ0) is 36.2. The summed E-state index contributed by atoms with van der Waals surface area (Å²) in [5.41, 5.74) is 7.28. The average Bonchev–Trinajstić information content (AvgIpc) is 3.55. The molecule has 5 aromatic rings.